The van der Waals surface area contributed by atoms with Crippen LogP contribution in [0.4, 0.5) is 0 Å². The zero-order valence-corrected chi connectivity index (χ0v) is 23.3. The molecule has 1 fully saturated rings. The van der Waals surface area contributed by atoms with Crippen LogP contribution in [0, 0.1) is 17.2 Å². The lowest BCUT2D eigenvalue weighted by Crippen LogP contribution is -2.40. The number of esters is 1. The molecule has 6 atom stereocenters. The highest BCUT2D eigenvalue weighted by Crippen LogP contribution is 2.51. The highest BCUT2D eigenvalue weighted by Gasteiger charge is 2.45. The fraction of sp³-hybridized carbons (Fsp3) is 0.909. The minimum Gasteiger partial charge on any atom is -0.459 e. The molecule has 0 aromatic carbocycles. The summed E-state index contributed by atoms with van der Waals surface area (Å²) in [5, 5.41) is 8.91. The van der Waals surface area contributed by atoms with E-state index in [-0.39, 0.29) is 37.0 Å². The van der Waals surface area contributed by atoms with E-state index in [4.69, 9.17) is 31.6 Å². The monoisotopic (exact) mass is 502 g/mol. The lowest BCUT2D eigenvalue weighted by Gasteiger charge is -2.37. The Balaban J connectivity index is 3.09. The highest BCUT2D eigenvalue weighted by atomic mass is 31.2. The molecule has 2 radical (unpaired) electrons. The van der Waals surface area contributed by atoms with Crippen molar-refractivity contribution in [2.45, 2.75) is 103 Å². The van der Waals surface area contributed by atoms with Gasteiger partial charge in [0.25, 0.3) is 8.53 Å². The summed E-state index contributed by atoms with van der Waals surface area (Å²) in [6.45, 7) is 17.2. The Morgan fingerprint density at radius 1 is 1.21 bits per heavy atom. The zero-order valence-electron chi connectivity index (χ0n) is 21.6. The summed E-state index contributed by atoms with van der Waals surface area (Å²) < 4.78 is 39.1. The second-order valence-electron chi connectivity index (χ2n) is 9.80. The Kier molecular flexibility index (Phi) is 12.6. The summed E-state index contributed by atoms with van der Waals surface area (Å²) in [6, 6.07) is 1.64. The molecule has 8 nitrogen and oxygen atoms in total. The molecule has 188 valence electrons. The van der Waals surface area contributed by atoms with Crippen LogP contribution in [0.3, 0.4) is 0 Å². The maximum atomic E-state index is 12.8. The number of nitriles is 1. The average molecular weight is 502 g/mol. The van der Waals surface area contributed by atoms with Crippen LogP contribution < -0.4 is 0 Å². The zero-order chi connectivity index (χ0) is 25.5. The third-order valence-corrected chi connectivity index (χ3v) is 10.0. The number of ether oxygens (including phenoxy) is 2. The van der Waals surface area contributed by atoms with Crippen molar-refractivity contribution in [2.24, 2.45) is 5.92 Å². The number of carbonyl (C=O) groups excluding carboxylic acids is 1. The van der Waals surface area contributed by atoms with E-state index < -0.39 is 45.6 Å². The maximum Gasteiger partial charge on any atom is 0.308 e. The summed E-state index contributed by atoms with van der Waals surface area (Å²) in [5.74, 6) is -0.684. The van der Waals surface area contributed by atoms with Gasteiger partial charge in [-0.25, -0.2) is 4.67 Å². The van der Waals surface area contributed by atoms with E-state index in [0.717, 1.165) is 0 Å². The van der Waals surface area contributed by atoms with Crippen LogP contribution in [0.15, 0.2) is 0 Å². The van der Waals surface area contributed by atoms with Gasteiger partial charge in [-0.15, -0.1) is 0 Å². The van der Waals surface area contributed by atoms with E-state index in [1.165, 1.54) is 0 Å². The van der Waals surface area contributed by atoms with Gasteiger partial charge in [-0.1, -0.05) is 20.8 Å². The Bertz CT molecular complexity index is 703. The number of carbonyl (C=O) groups is 1. The van der Waals surface area contributed by atoms with Crippen LogP contribution >= 0.6 is 15.7 Å². The van der Waals surface area contributed by atoms with Gasteiger partial charge in [-0.2, -0.15) is 5.26 Å². The highest BCUT2D eigenvalue weighted by molar-refractivity contribution is 7.63. The lowest BCUT2D eigenvalue weighted by atomic mass is 9.94. The Labute approximate surface area is 202 Å². The molecule has 1 rings (SSSR count). The molecule has 11 heteroatoms. The maximum absolute atomic E-state index is 12.8. The van der Waals surface area contributed by atoms with Crippen molar-refractivity contribution in [3.05, 3.63) is 0 Å². The fourth-order valence-corrected chi connectivity index (χ4v) is 6.24. The number of nitrogens with zero attached hydrogens (tertiary/aromatic N) is 2. The van der Waals surface area contributed by atoms with E-state index in [9.17, 15) is 9.36 Å². The first kappa shape index (κ1) is 30.6. The molecule has 33 heavy (non-hydrogen) atoms. The van der Waals surface area contributed by atoms with Crippen molar-refractivity contribution in [1.29, 1.82) is 5.26 Å². The molecular weight excluding hydrogens is 461 g/mol. The first-order valence-corrected chi connectivity index (χ1v) is 15.4. The van der Waals surface area contributed by atoms with E-state index in [1.54, 1.807) is 27.2 Å². The molecule has 1 aliphatic heterocycles. The predicted molar refractivity (Wildman–Crippen MR) is 133 cm³/mol. The van der Waals surface area contributed by atoms with Crippen molar-refractivity contribution in [3.63, 3.8) is 0 Å². The SMILES string of the molecule is [B][C@@H]1O[C@H](C(OC(=O)C(C)C)C(C)P(C)(C)=O)C[C@@H]1OP(OCCC#N)N(C(C)C)C(C)C. The molecule has 1 heterocycles. The summed E-state index contributed by atoms with van der Waals surface area (Å²) in [4.78, 5) is 12.4. The van der Waals surface area contributed by atoms with Gasteiger partial charge in [0.05, 0.1) is 44.4 Å². The standard InChI is InChI=1S/C22H41BN2O6P2/c1-14(2)22(26)30-20(17(7)33(8,9)27)18-13-19(21(23)29-18)31-32(28-12-10-11-24)25(15(3)4)16(5)6/h14-21H,10,12-13H2,1-9H3/t17?,18-,19-,20?,21+,32?/m0/s1. The van der Waals surface area contributed by atoms with Crippen LogP contribution in [-0.2, 0) is 27.9 Å². The Morgan fingerprint density at radius 2 is 1.79 bits per heavy atom. The fourth-order valence-electron chi connectivity index (χ4n) is 3.54. The van der Waals surface area contributed by atoms with Gasteiger partial charge in [0.2, 0.25) is 0 Å². The summed E-state index contributed by atoms with van der Waals surface area (Å²) in [7, 11) is 2.22. The molecule has 0 aromatic heterocycles. The van der Waals surface area contributed by atoms with Crippen LogP contribution in [0.1, 0.15) is 61.3 Å². The molecule has 0 saturated carbocycles. The van der Waals surface area contributed by atoms with Crippen molar-refractivity contribution >= 4 is 29.5 Å². The molecule has 0 aliphatic carbocycles. The smallest absolute Gasteiger partial charge is 0.308 e. The van der Waals surface area contributed by atoms with Gasteiger partial charge in [-0.05, 0) is 41.0 Å². The van der Waals surface area contributed by atoms with Gasteiger partial charge in [-0.3, -0.25) is 4.79 Å². The molecular formula is C22H41BN2O6P2. The van der Waals surface area contributed by atoms with Crippen molar-refractivity contribution in [3.8, 4) is 6.07 Å². The summed E-state index contributed by atoms with van der Waals surface area (Å²) in [5.41, 5.74) is -0.396. The minimum atomic E-state index is -2.58. The Hall–Kier alpha value is -0.475. The summed E-state index contributed by atoms with van der Waals surface area (Å²) >= 11 is 0. The quantitative estimate of drug-likeness (QED) is 0.157. The second kappa shape index (κ2) is 13.6. The van der Waals surface area contributed by atoms with Gasteiger partial charge >= 0.3 is 5.97 Å². The van der Waals surface area contributed by atoms with Gasteiger partial charge in [0.15, 0.2) is 0 Å². The molecule has 1 saturated heterocycles. The molecule has 1 aliphatic rings. The topological polar surface area (TPSA) is 98.1 Å². The average Bonchev–Trinajstić information content (AvgIpc) is 3.04. The molecule has 0 spiro atoms. The predicted octanol–water partition coefficient (Wildman–Crippen LogP) is 4.51. The van der Waals surface area contributed by atoms with Crippen molar-refractivity contribution in [1.82, 2.24) is 4.67 Å². The van der Waals surface area contributed by atoms with Crippen LogP contribution in [0.2, 0.25) is 0 Å². The summed E-state index contributed by atoms with van der Waals surface area (Å²) in [6.07, 6.45) is -1.10. The van der Waals surface area contributed by atoms with E-state index in [2.05, 4.69) is 38.4 Å². The number of hydrogen-bond donors (Lipinski definition) is 0. The van der Waals surface area contributed by atoms with Gasteiger partial charge in [0, 0.05) is 30.2 Å². The first-order chi connectivity index (χ1) is 15.2. The largest absolute Gasteiger partial charge is 0.459 e. The second-order valence-corrected chi connectivity index (χ2v) is 14.9. The number of hydrogen-bond acceptors (Lipinski definition) is 8. The molecule has 0 N–H and O–H groups in total. The molecule has 0 aromatic rings. The van der Waals surface area contributed by atoms with Crippen LogP contribution in [-0.4, -0.2) is 80.5 Å². The van der Waals surface area contributed by atoms with E-state index in [1.807, 2.05) is 6.92 Å². The van der Waals surface area contributed by atoms with Crippen molar-refractivity contribution < 1.29 is 27.9 Å². The normalized spacial score (nSPS) is 24.3. The number of rotatable bonds is 13. The van der Waals surface area contributed by atoms with E-state index in [0.29, 0.717) is 6.42 Å². The third kappa shape index (κ3) is 9.24. The molecule has 0 amide bonds. The van der Waals surface area contributed by atoms with Gasteiger partial charge in [0.1, 0.15) is 14.0 Å². The third-order valence-electron chi connectivity index (χ3n) is 5.60. The van der Waals surface area contributed by atoms with Gasteiger partial charge < -0.3 is 23.1 Å². The van der Waals surface area contributed by atoms with Crippen LogP contribution in [0.5, 0.6) is 0 Å². The minimum absolute atomic E-state index is 0.151. The first-order valence-electron chi connectivity index (χ1n) is 11.6. The molecule has 3 unspecified atom stereocenters. The molecule has 0 bridgehead atoms. The lowest BCUT2D eigenvalue weighted by molar-refractivity contribution is -0.159. The van der Waals surface area contributed by atoms with Crippen LogP contribution in [0.25, 0.3) is 0 Å². The van der Waals surface area contributed by atoms with E-state index >= 15 is 0 Å². The Morgan fingerprint density at radius 3 is 2.24 bits per heavy atom. The van der Waals surface area contributed by atoms with Crippen molar-refractivity contribution in [2.75, 3.05) is 19.9 Å².